The third-order valence-corrected chi connectivity index (χ3v) is 2.90. The molecule has 0 radical (unpaired) electrons. The molecule has 1 rings (SSSR count). The van der Waals surface area contributed by atoms with Gasteiger partial charge in [-0.25, -0.2) is 0 Å². The minimum absolute atomic E-state index is 0.0236. The van der Waals surface area contributed by atoms with E-state index in [1.165, 1.54) is 0 Å². The van der Waals surface area contributed by atoms with E-state index in [1.807, 2.05) is 19.1 Å². The molecule has 1 unspecified atom stereocenters. The van der Waals surface area contributed by atoms with Crippen molar-refractivity contribution in [3.05, 3.63) is 23.8 Å². The van der Waals surface area contributed by atoms with E-state index in [-0.39, 0.29) is 11.3 Å². The molecule has 0 aromatic heterocycles. The SMILES string of the molecule is COc1ccc(CC(=O)NCCC(C)Cl)cc1OC. The van der Waals surface area contributed by atoms with Crippen molar-refractivity contribution >= 4 is 17.5 Å². The van der Waals surface area contributed by atoms with E-state index in [2.05, 4.69) is 5.32 Å². The number of ether oxygens (including phenoxy) is 2. The van der Waals surface area contributed by atoms with Crippen LogP contribution in [0.15, 0.2) is 18.2 Å². The predicted octanol–water partition coefficient (Wildman–Crippen LogP) is 2.38. The summed E-state index contributed by atoms with van der Waals surface area (Å²) in [6, 6.07) is 5.45. The van der Waals surface area contributed by atoms with Crippen LogP contribution in [0.1, 0.15) is 18.9 Å². The third-order valence-electron chi connectivity index (χ3n) is 2.68. The van der Waals surface area contributed by atoms with Crippen molar-refractivity contribution in [1.29, 1.82) is 0 Å². The molecule has 1 amide bonds. The van der Waals surface area contributed by atoms with Gasteiger partial charge in [0.15, 0.2) is 11.5 Å². The highest BCUT2D eigenvalue weighted by Gasteiger charge is 2.08. The summed E-state index contributed by atoms with van der Waals surface area (Å²) in [6.45, 7) is 2.50. The van der Waals surface area contributed by atoms with E-state index in [9.17, 15) is 4.79 Å². The molecule has 106 valence electrons. The number of halogens is 1. The van der Waals surface area contributed by atoms with Gasteiger partial charge in [-0.3, -0.25) is 4.79 Å². The Hall–Kier alpha value is -1.42. The first-order valence-corrected chi connectivity index (χ1v) is 6.62. The minimum atomic E-state index is -0.0236. The number of rotatable bonds is 7. The molecule has 0 heterocycles. The lowest BCUT2D eigenvalue weighted by Gasteiger charge is -2.10. The summed E-state index contributed by atoms with van der Waals surface area (Å²) in [6.07, 6.45) is 1.08. The van der Waals surface area contributed by atoms with E-state index in [0.29, 0.717) is 24.5 Å². The van der Waals surface area contributed by atoms with E-state index >= 15 is 0 Å². The number of nitrogens with one attached hydrogen (secondary N) is 1. The first-order chi connectivity index (χ1) is 9.06. The van der Waals surface area contributed by atoms with Gasteiger partial charge in [0, 0.05) is 11.9 Å². The number of hydrogen-bond donors (Lipinski definition) is 1. The Morgan fingerprint density at radius 2 is 2.00 bits per heavy atom. The third kappa shape index (κ3) is 5.39. The first kappa shape index (κ1) is 15.6. The summed E-state index contributed by atoms with van der Waals surface area (Å²) in [5.41, 5.74) is 0.883. The Balaban J connectivity index is 2.54. The lowest BCUT2D eigenvalue weighted by atomic mass is 10.1. The van der Waals surface area contributed by atoms with Crippen LogP contribution in [0, 0.1) is 0 Å². The van der Waals surface area contributed by atoms with E-state index in [4.69, 9.17) is 21.1 Å². The largest absolute Gasteiger partial charge is 0.493 e. The Bertz CT molecular complexity index is 421. The highest BCUT2D eigenvalue weighted by Crippen LogP contribution is 2.27. The molecule has 0 saturated carbocycles. The average molecular weight is 286 g/mol. The van der Waals surface area contributed by atoms with Gasteiger partial charge >= 0.3 is 0 Å². The zero-order valence-corrected chi connectivity index (χ0v) is 12.3. The van der Waals surface area contributed by atoms with Gasteiger partial charge in [0.05, 0.1) is 20.6 Å². The molecule has 0 fully saturated rings. The van der Waals surface area contributed by atoms with Crippen LogP contribution in [-0.4, -0.2) is 32.0 Å². The lowest BCUT2D eigenvalue weighted by Crippen LogP contribution is -2.27. The van der Waals surface area contributed by atoms with Gasteiger partial charge < -0.3 is 14.8 Å². The quantitative estimate of drug-likeness (QED) is 0.783. The highest BCUT2D eigenvalue weighted by atomic mass is 35.5. The normalized spacial score (nSPS) is 11.8. The molecule has 1 aromatic carbocycles. The average Bonchev–Trinajstić information content (AvgIpc) is 2.38. The molecular formula is C14H20ClNO3. The number of carbonyl (C=O) groups excluding carboxylic acids is 1. The van der Waals surface area contributed by atoms with Crippen molar-refractivity contribution in [3.63, 3.8) is 0 Å². The number of alkyl halides is 1. The van der Waals surface area contributed by atoms with Gasteiger partial charge in [-0.15, -0.1) is 11.6 Å². The highest BCUT2D eigenvalue weighted by molar-refractivity contribution is 6.20. The van der Waals surface area contributed by atoms with Crippen LogP contribution in [0.25, 0.3) is 0 Å². The molecule has 0 aliphatic heterocycles. The molecule has 0 saturated heterocycles. The molecule has 19 heavy (non-hydrogen) atoms. The summed E-state index contributed by atoms with van der Waals surface area (Å²) in [5.74, 6) is 1.26. The molecular weight excluding hydrogens is 266 g/mol. The van der Waals surface area contributed by atoms with Crippen LogP contribution in [0.4, 0.5) is 0 Å². The molecule has 0 aliphatic carbocycles. The van der Waals surface area contributed by atoms with Crippen LogP contribution in [-0.2, 0) is 11.2 Å². The number of benzene rings is 1. The Morgan fingerprint density at radius 3 is 2.58 bits per heavy atom. The zero-order valence-electron chi connectivity index (χ0n) is 11.5. The van der Waals surface area contributed by atoms with Crippen LogP contribution >= 0.6 is 11.6 Å². The fraction of sp³-hybridized carbons (Fsp3) is 0.500. The van der Waals surface area contributed by atoms with Crippen LogP contribution in [0.3, 0.4) is 0 Å². The first-order valence-electron chi connectivity index (χ1n) is 6.18. The van der Waals surface area contributed by atoms with Crippen molar-refractivity contribution in [3.8, 4) is 11.5 Å². The maximum atomic E-state index is 11.7. The standard InChI is InChI=1S/C14H20ClNO3/c1-10(15)6-7-16-14(17)9-11-4-5-12(18-2)13(8-11)19-3/h4-5,8,10H,6-7,9H2,1-3H3,(H,16,17). The van der Waals surface area contributed by atoms with Crippen LogP contribution < -0.4 is 14.8 Å². The Kier molecular flexibility index (Phi) is 6.50. The summed E-state index contributed by atoms with van der Waals surface area (Å²) in [7, 11) is 3.15. The molecule has 4 nitrogen and oxygen atoms in total. The smallest absolute Gasteiger partial charge is 0.224 e. The van der Waals surface area contributed by atoms with Gasteiger partial charge in [0.2, 0.25) is 5.91 Å². The van der Waals surface area contributed by atoms with Gasteiger partial charge in [-0.1, -0.05) is 6.07 Å². The fourth-order valence-electron chi connectivity index (χ4n) is 1.65. The second-order valence-electron chi connectivity index (χ2n) is 4.29. The minimum Gasteiger partial charge on any atom is -0.493 e. The second-order valence-corrected chi connectivity index (χ2v) is 5.03. The molecule has 1 aromatic rings. The topological polar surface area (TPSA) is 47.6 Å². The van der Waals surface area contributed by atoms with Crippen LogP contribution in [0.5, 0.6) is 11.5 Å². The van der Waals surface area contributed by atoms with Crippen molar-refractivity contribution in [2.24, 2.45) is 0 Å². The summed E-state index contributed by atoms with van der Waals surface area (Å²) in [5, 5.41) is 2.90. The van der Waals surface area contributed by atoms with Crippen molar-refractivity contribution in [2.75, 3.05) is 20.8 Å². The number of methoxy groups -OCH3 is 2. The van der Waals surface area contributed by atoms with Gasteiger partial charge in [-0.2, -0.15) is 0 Å². The van der Waals surface area contributed by atoms with E-state index < -0.39 is 0 Å². The van der Waals surface area contributed by atoms with Gasteiger partial charge in [-0.05, 0) is 31.0 Å². The molecule has 5 heteroatoms. The summed E-state index contributed by atoms with van der Waals surface area (Å²) < 4.78 is 10.3. The Morgan fingerprint density at radius 1 is 1.32 bits per heavy atom. The molecule has 1 atom stereocenters. The van der Waals surface area contributed by atoms with E-state index in [0.717, 1.165) is 12.0 Å². The van der Waals surface area contributed by atoms with Crippen molar-refractivity contribution in [2.45, 2.75) is 25.1 Å². The summed E-state index contributed by atoms with van der Waals surface area (Å²) in [4.78, 5) is 11.7. The number of carbonyl (C=O) groups is 1. The van der Waals surface area contributed by atoms with Gasteiger partial charge in [0.25, 0.3) is 0 Å². The lowest BCUT2D eigenvalue weighted by molar-refractivity contribution is -0.120. The predicted molar refractivity (Wildman–Crippen MR) is 76.2 cm³/mol. The summed E-state index contributed by atoms with van der Waals surface area (Å²) >= 11 is 5.81. The maximum absolute atomic E-state index is 11.7. The van der Waals surface area contributed by atoms with Gasteiger partial charge in [0.1, 0.15) is 0 Å². The Labute approximate surface area is 119 Å². The van der Waals surface area contributed by atoms with E-state index in [1.54, 1.807) is 20.3 Å². The zero-order chi connectivity index (χ0) is 14.3. The molecule has 1 N–H and O–H groups in total. The maximum Gasteiger partial charge on any atom is 0.224 e. The van der Waals surface area contributed by atoms with Crippen molar-refractivity contribution in [1.82, 2.24) is 5.32 Å². The number of amides is 1. The molecule has 0 aliphatic rings. The number of hydrogen-bond acceptors (Lipinski definition) is 3. The van der Waals surface area contributed by atoms with Crippen LogP contribution in [0.2, 0.25) is 0 Å². The molecule has 0 spiro atoms. The second kappa shape index (κ2) is 7.89. The molecule has 0 bridgehead atoms. The monoisotopic (exact) mass is 285 g/mol. The van der Waals surface area contributed by atoms with Crippen molar-refractivity contribution < 1.29 is 14.3 Å². The fourth-order valence-corrected chi connectivity index (χ4v) is 1.76.